The lowest BCUT2D eigenvalue weighted by Gasteiger charge is -2.38. The molecule has 0 bridgehead atoms. The van der Waals surface area contributed by atoms with E-state index in [9.17, 15) is 4.79 Å². The average Bonchev–Trinajstić information content (AvgIpc) is 3.02. The predicted octanol–water partition coefficient (Wildman–Crippen LogP) is 2.64. The van der Waals surface area contributed by atoms with Gasteiger partial charge in [-0.1, -0.05) is 12.1 Å². The van der Waals surface area contributed by atoms with Crippen molar-refractivity contribution < 1.29 is 4.79 Å². The molecule has 0 aliphatic carbocycles. The molecule has 1 aliphatic heterocycles. The molecular formula is C21H27N5O. The van der Waals surface area contributed by atoms with Gasteiger partial charge in [0.25, 0.3) is 0 Å². The van der Waals surface area contributed by atoms with E-state index in [4.69, 9.17) is 10.1 Å². The maximum Gasteiger partial charge on any atom is 0.223 e. The van der Waals surface area contributed by atoms with Crippen LogP contribution in [0, 0.1) is 13.8 Å². The molecule has 1 amide bonds. The van der Waals surface area contributed by atoms with Crippen molar-refractivity contribution in [2.45, 2.75) is 52.6 Å². The number of amides is 1. The average molecular weight is 365 g/mol. The molecule has 0 saturated carbocycles. The van der Waals surface area contributed by atoms with E-state index in [1.54, 1.807) is 0 Å². The largest absolute Gasteiger partial charge is 0.337 e. The van der Waals surface area contributed by atoms with Crippen LogP contribution in [-0.2, 0) is 11.2 Å². The van der Waals surface area contributed by atoms with Gasteiger partial charge in [0, 0.05) is 48.4 Å². The Labute approximate surface area is 159 Å². The zero-order valence-corrected chi connectivity index (χ0v) is 16.5. The molecule has 6 nitrogen and oxygen atoms in total. The Morgan fingerprint density at radius 2 is 2.04 bits per heavy atom. The SMILES string of the molecule is Cc1nc2c3ccccc3nn2c(C)c1CCC(=O)N1CCNC(C)C1C. The summed E-state index contributed by atoms with van der Waals surface area (Å²) in [6.07, 6.45) is 1.20. The van der Waals surface area contributed by atoms with Crippen molar-refractivity contribution in [1.29, 1.82) is 0 Å². The Kier molecular flexibility index (Phi) is 4.60. The fourth-order valence-electron chi connectivity index (χ4n) is 4.12. The number of nitrogens with zero attached hydrogens (tertiary/aromatic N) is 4. The minimum Gasteiger partial charge on any atom is -0.337 e. The van der Waals surface area contributed by atoms with E-state index in [0.29, 0.717) is 18.9 Å². The van der Waals surface area contributed by atoms with E-state index >= 15 is 0 Å². The van der Waals surface area contributed by atoms with E-state index < -0.39 is 0 Å². The third-order valence-electron chi connectivity index (χ3n) is 5.96. The normalized spacial score (nSPS) is 20.5. The summed E-state index contributed by atoms with van der Waals surface area (Å²) < 4.78 is 1.92. The van der Waals surface area contributed by atoms with Crippen molar-refractivity contribution >= 4 is 22.5 Å². The van der Waals surface area contributed by atoms with E-state index in [-0.39, 0.29) is 11.9 Å². The van der Waals surface area contributed by atoms with Gasteiger partial charge in [0.1, 0.15) is 0 Å². The number of hydrogen-bond acceptors (Lipinski definition) is 4. The number of piperazine rings is 1. The topological polar surface area (TPSA) is 62.5 Å². The van der Waals surface area contributed by atoms with E-state index in [2.05, 4.69) is 32.2 Å². The highest BCUT2D eigenvalue weighted by Gasteiger charge is 2.28. The number of nitrogens with one attached hydrogen (secondary N) is 1. The van der Waals surface area contributed by atoms with Crippen molar-refractivity contribution in [3.63, 3.8) is 0 Å². The minimum absolute atomic E-state index is 0.223. The number of hydrogen-bond donors (Lipinski definition) is 1. The highest BCUT2D eigenvalue weighted by molar-refractivity contribution is 5.92. The quantitative estimate of drug-likeness (QED) is 0.775. The van der Waals surface area contributed by atoms with E-state index in [1.807, 2.05) is 34.5 Å². The molecule has 0 spiro atoms. The van der Waals surface area contributed by atoms with Gasteiger partial charge in [0.2, 0.25) is 5.91 Å². The smallest absolute Gasteiger partial charge is 0.223 e. The number of fused-ring (bicyclic) bond motifs is 3. The molecule has 6 heteroatoms. The number of aromatic nitrogens is 3. The van der Waals surface area contributed by atoms with Crippen LogP contribution in [0.2, 0.25) is 0 Å². The van der Waals surface area contributed by atoms with Crippen LogP contribution in [0.15, 0.2) is 24.3 Å². The first kappa shape index (κ1) is 17.9. The zero-order chi connectivity index (χ0) is 19.1. The Hall–Kier alpha value is -2.47. The molecule has 142 valence electrons. The summed E-state index contributed by atoms with van der Waals surface area (Å²) in [5, 5.41) is 9.20. The van der Waals surface area contributed by atoms with E-state index in [0.717, 1.165) is 46.6 Å². The molecule has 4 rings (SSSR count). The number of aryl methyl sites for hydroxylation is 2. The fraction of sp³-hybridized carbons (Fsp3) is 0.476. The van der Waals surface area contributed by atoms with Crippen molar-refractivity contribution in [3.8, 4) is 0 Å². The lowest BCUT2D eigenvalue weighted by Crippen LogP contribution is -2.57. The maximum atomic E-state index is 12.8. The van der Waals surface area contributed by atoms with Crippen LogP contribution < -0.4 is 5.32 Å². The van der Waals surface area contributed by atoms with Crippen LogP contribution in [-0.4, -0.2) is 50.6 Å². The Morgan fingerprint density at radius 3 is 2.85 bits per heavy atom. The molecular weight excluding hydrogens is 338 g/mol. The lowest BCUT2D eigenvalue weighted by atomic mass is 10.0. The molecule has 1 aliphatic rings. The van der Waals surface area contributed by atoms with Crippen LogP contribution in [0.5, 0.6) is 0 Å². The van der Waals surface area contributed by atoms with Crippen LogP contribution in [0.4, 0.5) is 0 Å². The van der Waals surface area contributed by atoms with Gasteiger partial charge < -0.3 is 10.2 Å². The van der Waals surface area contributed by atoms with Crippen molar-refractivity contribution in [2.24, 2.45) is 0 Å². The molecule has 2 aromatic heterocycles. The summed E-state index contributed by atoms with van der Waals surface area (Å²) in [5.41, 5.74) is 5.02. The molecule has 2 unspecified atom stereocenters. The van der Waals surface area contributed by atoms with Gasteiger partial charge in [-0.15, -0.1) is 0 Å². The summed E-state index contributed by atoms with van der Waals surface area (Å²) in [4.78, 5) is 19.6. The second kappa shape index (κ2) is 6.93. The van der Waals surface area contributed by atoms with Crippen LogP contribution in [0.25, 0.3) is 16.6 Å². The van der Waals surface area contributed by atoms with Crippen molar-refractivity contribution in [3.05, 3.63) is 41.2 Å². The van der Waals surface area contributed by atoms with Crippen LogP contribution >= 0.6 is 0 Å². The number of carbonyl (C=O) groups excluding carboxylic acids is 1. The first-order valence-electron chi connectivity index (χ1n) is 9.73. The second-order valence-electron chi connectivity index (χ2n) is 7.58. The van der Waals surface area contributed by atoms with E-state index in [1.165, 1.54) is 0 Å². The first-order valence-corrected chi connectivity index (χ1v) is 9.73. The van der Waals surface area contributed by atoms with Gasteiger partial charge in [-0.25, -0.2) is 9.50 Å². The Balaban J connectivity index is 1.60. The molecule has 1 saturated heterocycles. The van der Waals surface area contributed by atoms with Crippen molar-refractivity contribution in [1.82, 2.24) is 24.8 Å². The molecule has 2 atom stereocenters. The van der Waals surface area contributed by atoms with Gasteiger partial charge in [0.05, 0.1) is 5.52 Å². The molecule has 3 heterocycles. The fourth-order valence-corrected chi connectivity index (χ4v) is 4.12. The third-order valence-corrected chi connectivity index (χ3v) is 5.96. The molecule has 3 aromatic rings. The molecule has 0 radical (unpaired) electrons. The summed E-state index contributed by atoms with van der Waals surface area (Å²) in [6, 6.07) is 8.63. The van der Waals surface area contributed by atoms with Gasteiger partial charge in [0.15, 0.2) is 5.65 Å². The number of rotatable bonds is 3. The lowest BCUT2D eigenvalue weighted by molar-refractivity contribution is -0.134. The van der Waals surface area contributed by atoms with Crippen molar-refractivity contribution in [2.75, 3.05) is 13.1 Å². The second-order valence-corrected chi connectivity index (χ2v) is 7.58. The third kappa shape index (κ3) is 3.08. The van der Waals surface area contributed by atoms with Gasteiger partial charge in [-0.3, -0.25) is 4.79 Å². The predicted molar refractivity (Wildman–Crippen MR) is 107 cm³/mol. The molecule has 27 heavy (non-hydrogen) atoms. The summed E-state index contributed by atoms with van der Waals surface area (Å²) in [7, 11) is 0. The summed E-state index contributed by atoms with van der Waals surface area (Å²) >= 11 is 0. The maximum absolute atomic E-state index is 12.8. The van der Waals surface area contributed by atoms with Crippen LogP contribution in [0.3, 0.4) is 0 Å². The minimum atomic E-state index is 0.223. The number of benzene rings is 1. The summed E-state index contributed by atoms with van der Waals surface area (Å²) in [6.45, 7) is 10.0. The highest BCUT2D eigenvalue weighted by Crippen LogP contribution is 2.23. The van der Waals surface area contributed by atoms with Crippen LogP contribution in [0.1, 0.15) is 37.2 Å². The van der Waals surface area contributed by atoms with Gasteiger partial charge in [-0.2, -0.15) is 5.10 Å². The van der Waals surface area contributed by atoms with Gasteiger partial charge in [-0.05, 0) is 51.8 Å². The molecule has 1 fully saturated rings. The standard InChI is InChI=1S/C21H27N5O/c1-13-15(3)25(12-11-22-13)20(27)10-9-17-14(2)23-21-18-7-5-6-8-19(18)24-26(21)16(17)4/h5-8,13,15,22H,9-12H2,1-4H3. The highest BCUT2D eigenvalue weighted by atomic mass is 16.2. The monoisotopic (exact) mass is 365 g/mol. The molecule has 1 N–H and O–H groups in total. The summed E-state index contributed by atoms with van der Waals surface area (Å²) in [5.74, 6) is 0.223. The molecule has 1 aromatic carbocycles. The Bertz CT molecular complexity index is 1010. The number of carbonyl (C=O) groups is 1. The zero-order valence-electron chi connectivity index (χ0n) is 16.5. The van der Waals surface area contributed by atoms with Gasteiger partial charge >= 0.3 is 0 Å². The Morgan fingerprint density at radius 1 is 1.26 bits per heavy atom. The first-order chi connectivity index (χ1) is 13.0.